The number of hydrogen-bond acceptors (Lipinski definition) is 3. The molecule has 3 amide bonds. The fraction of sp³-hybridized carbons (Fsp3) is 0.263. The number of benzene rings is 2. The molecule has 0 spiro atoms. The van der Waals surface area contributed by atoms with Gasteiger partial charge < -0.3 is 20.7 Å². The van der Waals surface area contributed by atoms with Crippen molar-refractivity contribution in [3.8, 4) is 5.75 Å². The molecule has 0 heterocycles. The molecule has 2 aromatic rings. The summed E-state index contributed by atoms with van der Waals surface area (Å²) in [5, 5.41) is 8.46. The van der Waals surface area contributed by atoms with Crippen LogP contribution in [-0.4, -0.2) is 19.0 Å². The molecule has 0 unspecified atom stereocenters. The fourth-order valence-electron chi connectivity index (χ4n) is 2.38. The summed E-state index contributed by atoms with van der Waals surface area (Å²) in [6.45, 7) is 0.370. The second kappa shape index (κ2) is 7.70. The number of carbonyl (C=O) groups excluding carboxylic acids is 2. The molecule has 25 heavy (non-hydrogen) atoms. The summed E-state index contributed by atoms with van der Waals surface area (Å²) in [6, 6.07) is 14.3. The molecule has 130 valence electrons. The molecular weight excluding hydrogens is 318 g/mol. The molecule has 0 aromatic heterocycles. The van der Waals surface area contributed by atoms with Gasteiger partial charge in [0.05, 0.1) is 7.11 Å². The normalized spacial score (nSPS) is 13.0. The second-order valence-corrected chi connectivity index (χ2v) is 6.00. The Morgan fingerprint density at radius 3 is 2.48 bits per heavy atom. The molecule has 0 radical (unpaired) electrons. The van der Waals surface area contributed by atoms with Crippen molar-refractivity contribution in [2.24, 2.45) is 5.92 Å². The first-order valence-electron chi connectivity index (χ1n) is 8.23. The van der Waals surface area contributed by atoms with Gasteiger partial charge >= 0.3 is 6.03 Å². The van der Waals surface area contributed by atoms with Crippen LogP contribution in [0.2, 0.25) is 0 Å². The number of anilines is 2. The summed E-state index contributed by atoms with van der Waals surface area (Å²) in [5.41, 5.74) is 2.36. The zero-order valence-electron chi connectivity index (χ0n) is 14.0. The number of urea groups is 1. The van der Waals surface area contributed by atoms with Crippen molar-refractivity contribution >= 4 is 23.3 Å². The van der Waals surface area contributed by atoms with Gasteiger partial charge in [0.1, 0.15) is 5.75 Å². The lowest BCUT2D eigenvalue weighted by Crippen LogP contribution is -2.28. The van der Waals surface area contributed by atoms with Gasteiger partial charge in [-0.05, 0) is 54.8 Å². The first-order valence-corrected chi connectivity index (χ1v) is 8.23. The minimum Gasteiger partial charge on any atom is -0.497 e. The lowest BCUT2D eigenvalue weighted by molar-refractivity contribution is -0.117. The highest BCUT2D eigenvalue weighted by Crippen LogP contribution is 2.30. The Balaban J connectivity index is 1.50. The summed E-state index contributed by atoms with van der Waals surface area (Å²) in [5.74, 6) is 0.968. The van der Waals surface area contributed by atoms with Crippen LogP contribution in [-0.2, 0) is 11.3 Å². The third kappa shape index (κ3) is 4.97. The second-order valence-electron chi connectivity index (χ2n) is 6.00. The van der Waals surface area contributed by atoms with Crippen LogP contribution in [0.4, 0.5) is 16.2 Å². The number of amides is 3. The highest BCUT2D eigenvalue weighted by atomic mass is 16.5. The van der Waals surface area contributed by atoms with E-state index in [1.165, 1.54) is 0 Å². The standard InChI is InChI=1S/C19H21N3O3/c1-25-17-9-7-15(8-10-17)22-19(24)20-12-13-3-2-4-16(11-13)21-18(23)14-5-6-14/h2-4,7-11,14H,5-6,12H2,1H3,(H,21,23)(H2,20,22,24). The Morgan fingerprint density at radius 2 is 1.80 bits per heavy atom. The third-order valence-corrected chi connectivity index (χ3v) is 3.94. The molecule has 3 N–H and O–H groups in total. The SMILES string of the molecule is COc1ccc(NC(=O)NCc2cccc(NC(=O)C3CC3)c2)cc1. The maximum Gasteiger partial charge on any atom is 0.319 e. The van der Waals surface area contributed by atoms with Gasteiger partial charge in [0.25, 0.3) is 0 Å². The van der Waals surface area contributed by atoms with Crippen LogP contribution in [0.25, 0.3) is 0 Å². The number of hydrogen-bond donors (Lipinski definition) is 3. The molecule has 1 fully saturated rings. The summed E-state index contributed by atoms with van der Waals surface area (Å²) in [6.07, 6.45) is 1.94. The molecule has 0 saturated heterocycles. The molecule has 6 heteroatoms. The van der Waals surface area contributed by atoms with Gasteiger partial charge in [0.15, 0.2) is 0 Å². The number of nitrogens with one attached hydrogen (secondary N) is 3. The number of ether oxygens (including phenoxy) is 1. The third-order valence-electron chi connectivity index (χ3n) is 3.94. The fourth-order valence-corrected chi connectivity index (χ4v) is 2.38. The van der Waals surface area contributed by atoms with Crippen molar-refractivity contribution in [1.82, 2.24) is 5.32 Å². The first-order chi connectivity index (χ1) is 12.1. The van der Waals surface area contributed by atoms with Crippen LogP contribution in [0, 0.1) is 5.92 Å². The number of carbonyl (C=O) groups is 2. The monoisotopic (exact) mass is 339 g/mol. The van der Waals surface area contributed by atoms with Crippen molar-refractivity contribution in [2.45, 2.75) is 19.4 Å². The van der Waals surface area contributed by atoms with Crippen molar-refractivity contribution < 1.29 is 14.3 Å². The van der Waals surface area contributed by atoms with Gasteiger partial charge in [-0.2, -0.15) is 0 Å². The summed E-state index contributed by atoms with van der Waals surface area (Å²) < 4.78 is 5.08. The quantitative estimate of drug-likeness (QED) is 0.755. The average Bonchev–Trinajstić information content (AvgIpc) is 3.46. The van der Waals surface area contributed by atoms with Crippen LogP contribution in [0.1, 0.15) is 18.4 Å². The van der Waals surface area contributed by atoms with Gasteiger partial charge in [0.2, 0.25) is 5.91 Å². The number of methoxy groups -OCH3 is 1. The van der Waals surface area contributed by atoms with Gasteiger partial charge in [-0.25, -0.2) is 4.79 Å². The van der Waals surface area contributed by atoms with E-state index in [4.69, 9.17) is 4.74 Å². The van der Waals surface area contributed by atoms with Crippen LogP contribution in [0.5, 0.6) is 5.75 Å². The summed E-state index contributed by atoms with van der Waals surface area (Å²) in [4.78, 5) is 23.8. The topological polar surface area (TPSA) is 79.5 Å². The van der Waals surface area contributed by atoms with E-state index in [0.717, 1.165) is 29.8 Å². The molecule has 3 rings (SSSR count). The molecule has 0 bridgehead atoms. The van der Waals surface area contributed by atoms with E-state index in [9.17, 15) is 9.59 Å². The Bertz CT molecular complexity index is 755. The summed E-state index contributed by atoms with van der Waals surface area (Å²) >= 11 is 0. The summed E-state index contributed by atoms with van der Waals surface area (Å²) in [7, 11) is 1.59. The molecule has 1 saturated carbocycles. The van der Waals surface area contributed by atoms with E-state index < -0.39 is 0 Å². The van der Waals surface area contributed by atoms with E-state index in [2.05, 4.69) is 16.0 Å². The van der Waals surface area contributed by atoms with E-state index in [0.29, 0.717) is 12.2 Å². The smallest absolute Gasteiger partial charge is 0.319 e. The van der Waals surface area contributed by atoms with Gasteiger partial charge in [0, 0.05) is 23.8 Å². The Kier molecular flexibility index (Phi) is 5.18. The van der Waals surface area contributed by atoms with E-state index in [1.54, 1.807) is 31.4 Å². The maximum atomic E-state index is 12.0. The zero-order valence-corrected chi connectivity index (χ0v) is 14.0. The van der Waals surface area contributed by atoms with E-state index >= 15 is 0 Å². The molecule has 6 nitrogen and oxygen atoms in total. The molecule has 0 aliphatic heterocycles. The van der Waals surface area contributed by atoms with Crippen molar-refractivity contribution in [3.63, 3.8) is 0 Å². The molecular formula is C19H21N3O3. The Morgan fingerprint density at radius 1 is 1.04 bits per heavy atom. The van der Waals surface area contributed by atoms with Crippen molar-refractivity contribution in [3.05, 3.63) is 54.1 Å². The average molecular weight is 339 g/mol. The zero-order chi connectivity index (χ0) is 17.6. The highest BCUT2D eigenvalue weighted by Gasteiger charge is 2.29. The van der Waals surface area contributed by atoms with Gasteiger partial charge in [-0.3, -0.25) is 4.79 Å². The maximum absolute atomic E-state index is 12.0. The molecule has 2 aromatic carbocycles. The predicted molar refractivity (Wildman–Crippen MR) is 96.6 cm³/mol. The largest absolute Gasteiger partial charge is 0.497 e. The van der Waals surface area contributed by atoms with Crippen molar-refractivity contribution in [1.29, 1.82) is 0 Å². The number of rotatable bonds is 6. The van der Waals surface area contributed by atoms with Crippen LogP contribution < -0.4 is 20.7 Å². The highest BCUT2D eigenvalue weighted by molar-refractivity contribution is 5.94. The van der Waals surface area contributed by atoms with Crippen LogP contribution in [0.15, 0.2) is 48.5 Å². The van der Waals surface area contributed by atoms with Gasteiger partial charge in [-0.15, -0.1) is 0 Å². The minimum absolute atomic E-state index is 0.0716. The predicted octanol–water partition coefficient (Wildman–Crippen LogP) is 3.37. The van der Waals surface area contributed by atoms with Crippen LogP contribution >= 0.6 is 0 Å². The molecule has 1 aliphatic rings. The lowest BCUT2D eigenvalue weighted by Gasteiger charge is -2.10. The Hall–Kier alpha value is -3.02. The molecule has 1 aliphatic carbocycles. The molecule has 0 atom stereocenters. The van der Waals surface area contributed by atoms with Gasteiger partial charge in [-0.1, -0.05) is 12.1 Å². The van der Waals surface area contributed by atoms with Crippen molar-refractivity contribution in [2.75, 3.05) is 17.7 Å². The Labute approximate surface area is 146 Å². The van der Waals surface area contributed by atoms with E-state index in [-0.39, 0.29) is 17.9 Å². The minimum atomic E-state index is -0.294. The van der Waals surface area contributed by atoms with Crippen LogP contribution in [0.3, 0.4) is 0 Å². The first kappa shape index (κ1) is 16.8. The van der Waals surface area contributed by atoms with E-state index in [1.807, 2.05) is 24.3 Å². The lowest BCUT2D eigenvalue weighted by atomic mass is 10.2.